The highest BCUT2D eigenvalue weighted by Crippen LogP contribution is 2.31. The second kappa shape index (κ2) is 8.15. The Morgan fingerprint density at radius 3 is 2.10 bits per heavy atom. The SMILES string of the molecule is Cc1ccc2nc(-c3ccc(NC(=O)C(=O)Nc4ccc(C#N)cc4)cc3)sc2c1. The first-order valence-corrected chi connectivity index (χ1v) is 9.93. The number of nitrogens with zero attached hydrogens (tertiary/aromatic N) is 2. The van der Waals surface area contributed by atoms with E-state index in [1.807, 2.05) is 37.3 Å². The van der Waals surface area contributed by atoms with Gasteiger partial charge < -0.3 is 10.6 Å². The topological polar surface area (TPSA) is 94.9 Å². The number of amides is 2. The van der Waals surface area contributed by atoms with E-state index in [1.165, 1.54) is 5.56 Å². The molecule has 6 nitrogen and oxygen atoms in total. The Labute approximate surface area is 176 Å². The van der Waals surface area contributed by atoms with Gasteiger partial charge in [0.15, 0.2) is 0 Å². The van der Waals surface area contributed by atoms with Gasteiger partial charge >= 0.3 is 11.8 Å². The van der Waals surface area contributed by atoms with E-state index in [9.17, 15) is 9.59 Å². The summed E-state index contributed by atoms with van der Waals surface area (Å²) in [6.45, 7) is 2.05. The van der Waals surface area contributed by atoms with Crippen LogP contribution < -0.4 is 10.6 Å². The van der Waals surface area contributed by atoms with Gasteiger partial charge in [0, 0.05) is 16.9 Å². The molecule has 0 aliphatic carbocycles. The van der Waals surface area contributed by atoms with Crippen LogP contribution in [0.4, 0.5) is 11.4 Å². The highest BCUT2D eigenvalue weighted by molar-refractivity contribution is 7.21. The summed E-state index contributed by atoms with van der Waals surface area (Å²) in [4.78, 5) is 28.9. The van der Waals surface area contributed by atoms with Gasteiger partial charge in [0.1, 0.15) is 5.01 Å². The van der Waals surface area contributed by atoms with Crippen molar-refractivity contribution < 1.29 is 9.59 Å². The average molecular weight is 412 g/mol. The maximum Gasteiger partial charge on any atom is 0.314 e. The van der Waals surface area contributed by atoms with Gasteiger partial charge in [0.25, 0.3) is 0 Å². The van der Waals surface area contributed by atoms with Crippen molar-refractivity contribution in [2.24, 2.45) is 0 Å². The van der Waals surface area contributed by atoms with Crippen molar-refractivity contribution in [3.63, 3.8) is 0 Å². The largest absolute Gasteiger partial charge is 0.318 e. The van der Waals surface area contributed by atoms with Crippen LogP contribution in [0.2, 0.25) is 0 Å². The highest BCUT2D eigenvalue weighted by Gasteiger charge is 2.14. The van der Waals surface area contributed by atoms with Crippen molar-refractivity contribution >= 4 is 44.7 Å². The molecule has 0 unspecified atom stereocenters. The first-order valence-electron chi connectivity index (χ1n) is 9.12. The fourth-order valence-electron chi connectivity index (χ4n) is 2.86. The van der Waals surface area contributed by atoms with Crippen LogP contribution in [0.3, 0.4) is 0 Å². The number of thiazole rings is 1. The van der Waals surface area contributed by atoms with Gasteiger partial charge in [0.2, 0.25) is 0 Å². The van der Waals surface area contributed by atoms with Crippen LogP contribution in [-0.4, -0.2) is 16.8 Å². The molecule has 0 atom stereocenters. The normalized spacial score (nSPS) is 10.4. The number of fused-ring (bicyclic) bond motifs is 1. The summed E-state index contributed by atoms with van der Waals surface area (Å²) in [5, 5.41) is 14.8. The fraction of sp³-hybridized carbons (Fsp3) is 0.0435. The minimum absolute atomic E-state index is 0.440. The first-order chi connectivity index (χ1) is 14.5. The minimum Gasteiger partial charge on any atom is -0.318 e. The quantitative estimate of drug-likeness (QED) is 0.476. The second-order valence-electron chi connectivity index (χ2n) is 6.66. The van der Waals surface area contributed by atoms with Crippen molar-refractivity contribution in [2.45, 2.75) is 6.92 Å². The van der Waals surface area contributed by atoms with Crippen molar-refractivity contribution in [1.82, 2.24) is 4.98 Å². The van der Waals surface area contributed by atoms with E-state index in [-0.39, 0.29) is 0 Å². The molecule has 0 aliphatic heterocycles. The van der Waals surface area contributed by atoms with Crippen molar-refractivity contribution in [1.29, 1.82) is 5.26 Å². The number of benzene rings is 3. The van der Waals surface area contributed by atoms with E-state index in [1.54, 1.807) is 47.7 Å². The molecular weight excluding hydrogens is 396 g/mol. The van der Waals surface area contributed by atoms with Crippen LogP contribution >= 0.6 is 11.3 Å². The molecule has 2 N–H and O–H groups in total. The molecule has 30 heavy (non-hydrogen) atoms. The summed E-state index contributed by atoms with van der Waals surface area (Å²) >= 11 is 1.61. The Kier molecular flexibility index (Phi) is 5.24. The third-order valence-corrected chi connectivity index (χ3v) is 5.48. The molecule has 0 saturated heterocycles. The Morgan fingerprint density at radius 2 is 1.50 bits per heavy atom. The molecule has 1 aromatic heterocycles. The van der Waals surface area contributed by atoms with Crippen LogP contribution in [0.5, 0.6) is 0 Å². The fourth-order valence-corrected chi connectivity index (χ4v) is 3.92. The zero-order valence-corrected chi connectivity index (χ0v) is 16.8. The zero-order valence-electron chi connectivity index (χ0n) is 16.0. The summed E-state index contributed by atoms with van der Waals surface area (Å²) < 4.78 is 1.13. The van der Waals surface area contributed by atoms with E-state index in [0.717, 1.165) is 20.8 Å². The average Bonchev–Trinajstić information content (AvgIpc) is 3.18. The third-order valence-electron chi connectivity index (χ3n) is 4.41. The summed E-state index contributed by atoms with van der Waals surface area (Å²) in [7, 11) is 0. The predicted octanol–water partition coefficient (Wildman–Crippen LogP) is 4.72. The molecular formula is C23H16N4O2S. The number of aromatic nitrogens is 1. The van der Waals surface area contributed by atoms with E-state index < -0.39 is 11.8 Å². The molecule has 1 heterocycles. The van der Waals surface area contributed by atoms with Crippen LogP contribution in [0.15, 0.2) is 66.7 Å². The highest BCUT2D eigenvalue weighted by atomic mass is 32.1. The van der Waals surface area contributed by atoms with Gasteiger partial charge in [-0.1, -0.05) is 6.07 Å². The zero-order chi connectivity index (χ0) is 21.1. The second-order valence-corrected chi connectivity index (χ2v) is 7.70. The first kappa shape index (κ1) is 19.3. The van der Waals surface area contributed by atoms with Crippen LogP contribution in [-0.2, 0) is 9.59 Å². The number of anilines is 2. The van der Waals surface area contributed by atoms with Crippen molar-refractivity contribution in [2.75, 3.05) is 10.6 Å². The Morgan fingerprint density at radius 1 is 0.900 bits per heavy atom. The van der Waals surface area contributed by atoms with Crippen molar-refractivity contribution in [3.05, 3.63) is 77.9 Å². The molecule has 2 amide bonds. The summed E-state index contributed by atoms with van der Waals surface area (Å²) in [6, 6.07) is 21.6. The molecule has 0 saturated carbocycles. The maximum absolute atomic E-state index is 12.2. The molecule has 4 aromatic rings. The number of hydrogen-bond acceptors (Lipinski definition) is 5. The lowest BCUT2D eigenvalue weighted by Crippen LogP contribution is -2.29. The number of nitriles is 1. The standard InChI is InChI=1S/C23H16N4O2S/c1-14-2-11-19-20(12-14)30-23(27-19)16-5-9-18(10-6-16)26-22(29)21(28)25-17-7-3-15(13-24)4-8-17/h2-12H,1H3,(H,25,28)(H,26,29). The number of aryl methyl sites for hydroxylation is 1. The van der Waals surface area contributed by atoms with Gasteiger partial charge in [-0.2, -0.15) is 5.26 Å². The molecule has 4 rings (SSSR count). The Hall–Kier alpha value is -4.02. The summed E-state index contributed by atoms with van der Waals surface area (Å²) in [5.74, 6) is -1.56. The molecule has 0 bridgehead atoms. The van der Waals surface area contributed by atoms with E-state index >= 15 is 0 Å². The van der Waals surface area contributed by atoms with Gasteiger partial charge in [-0.15, -0.1) is 11.3 Å². The van der Waals surface area contributed by atoms with Gasteiger partial charge in [-0.3, -0.25) is 9.59 Å². The van der Waals surface area contributed by atoms with Gasteiger partial charge in [-0.25, -0.2) is 4.98 Å². The smallest absolute Gasteiger partial charge is 0.314 e. The molecule has 3 aromatic carbocycles. The Bertz CT molecular complexity index is 1290. The monoisotopic (exact) mass is 412 g/mol. The predicted molar refractivity (Wildman–Crippen MR) is 118 cm³/mol. The lowest BCUT2D eigenvalue weighted by atomic mass is 10.2. The van der Waals surface area contributed by atoms with Crippen LogP contribution in [0.25, 0.3) is 20.8 Å². The lowest BCUT2D eigenvalue weighted by Gasteiger charge is -2.07. The molecule has 0 spiro atoms. The van der Waals surface area contributed by atoms with E-state index in [2.05, 4.69) is 21.7 Å². The Balaban J connectivity index is 1.42. The molecule has 0 aliphatic rings. The summed E-state index contributed by atoms with van der Waals surface area (Å²) in [5.41, 5.74) is 4.51. The van der Waals surface area contributed by atoms with Crippen LogP contribution in [0.1, 0.15) is 11.1 Å². The lowest BCUT2D eigenvalue weighted by molar-refractivity contribution is -0.132. The van der Waals surface area contributed by atoms with Crippen molar-refractivity contribution in [3.8, 4) is 16.6 Å². The maximum atomic E-state index is 12.2. The van der Waals surface area contributed by atoms with E-state index in [0.29, 0.717) is 16.9 Å². The van der Waals surface area contributed by atoms with Crippen LogP contribution in [0, 0.1) is 18.3 Å². The van der Waals surface area contributed by atoms with Gasteiger partial charge in [0.05, 0.1) is 21.8 Å². The number of nitrogens with one attached hydrogen (secondary N) is 2. The van der Waals surface area contributed by atoms with E-state index in [4.69, 9.17) is 5.26 Å². The third kappa shape index (κ3) is 4.19. The summed E-state index contributed by atoms with van der Waals surface area (Å²) in [6.07, 6.45) is 0. The minimum atomic E-state index is -0.787. The van der Waals surface area contributed by atoms with Gasteiger partial charge in [-0.05, 0) is 73.2 Å². The number of hydrogen-bond donors (Lipinski definition) is 2. The number of carbonyl (C=O) groups is 2. The molecule has 146 valence electrons. The molecule has 7 heteroatoms. The molecule has 0 fully saturated rings. The molecule has 0 radical (unpaired) electrons. The number of rotatable bonds is 3. The number of carbonyl (C=O) groups excluding carboxylic acids is 2.